The molecule has 0 saturated carbocycles. The summed E-state index contributed by atoms with van der Waals surface area (Å²) >= 11 is 0. The van der Waals surface area contributed by atoms with Gasteiger partial charge in [-0.05, 0) is 51.3 Å². The van der Waals surface area contributed by atoms with Crippen molar-refractivity contribution in [2.45, 2.75) is 47.3 Å². The fraction of sp³-hybridized carbons (Fsp3) is 0.421. The molecule has 2 aromatic heterocycles. The number of aryl methyl sites for hydroxylation is 4. The van der Waals surface area contributed by atoms with Crippen molar-refractivity contribution in [1.82, 2.24) is 14.9 Å². The molecule has 26 heavy (non-hydrogen) atoms. The van der Waals surface area contributed by atoms with E-state index in [1.807, 2.05) is 32.9 Å². The lowest BCUT2D eigenvalue weighted by Crippen LogP contribution is -2.32. The van der Waals surface area contributed by atoms with Gasteiger partial charge in [-0.3, -0.25) is 4.79 Å². The number of ether oxygens (including phenoxy) is 1. The first-order valence-corrected chi connectivity index (χ1v) is 8.51. The van der Waals surface area contributed by atoms with Gasteiger partial charge in [-0.2, -0.15) is 5.10 Å². The summed E-state index contributed by atoms with van der Waals surface area (Å²) in [5, 5.41) is 19.0. The van der Waals surface area contributed by atoms with Crippen LogP contribution in [0.25, 0.3) is 10.9 Å². The largest absolute Gasteiger partial charge is 0.490 e. The molecule has 0 aliphatic heterocycles. The van der Waals surface area contributed by atoms with E-state index in [4.69, 9.17) is 9.26 Å². The molecule has 0 radical (unpaired) electrons. The zero-order chi connectivity index (χ0) is 19.0. The minimum absolute atomic E-state index is 0.0193. The molecule has 7 heteroatoms. The standard InChI is InChI=1S/C19H23N3O4/c1-10-6-7-11(2)18(12(10)3)25-9-15(23)8-22-19(24)17-16(13(4)20-22)14(5)26-21-17/h6-7,15,23H,8-9H2,1-5H3/t15-/m0/s1. The van der Waals surface area contributed by atoms with Crippen LogP contribution in [0.2, 0.25) is 0 Å². The minimum atomic E-state index is -0.885. The molecular formula is C19H23N3O4. The van der Waals surface area contributed by atoms with E-state index >= 15 is 0 Å². The average Bonchev–Trinajstić information content (AvgIpc) is 2.98. The second kappa shape index (κ2) is 6.92. The number of nitrogens with zero attached hydrogens (tertiary/aromatic N) is 3. The molecule has 0 aliphatic rings. The highest BCUT2D eigenvalue weighted by Gasteiger charge is 2.17. The second-order valence-electron chi connectivity index (χ2n) is 6.65. The van der Waals surface area contributed by atoms with Gasteiger partial charge in [0, 0.05) is 0 Å². The van der Waals surface area contributed by atoms with Crippen LogP contribution in [0.4, 0.5) is 0 Å². The summed E-state index contributed by atoms with van der Waals surface area (Å²) in [6.07, 6.45) is -0.885. The van der Waals surface area contributed by atoms with Crippen LogP contribution in [0.1, 0.15) is 28.1 Å². The van der Waals surface area contributed by atoms with Crippen LogP contribution in [0.15, 0.2) is 21.5 Å². The molecule has 1 atom stereocenters. The average molecular weight is 357 g/mol. The number of fused-ring (bicyclic) bond motifs is 1. The highest BCUT2D eigenvalue weighted by Crippen LogP contribution is 2.25. The molecule has 0 fully saturated rings. The van der Waals surface area contributed by atoms with Gasteiger partial charge in [0.05, 0.1) is 17.6 Å². The van der Waals surface area contributed by atoms with Gasteiger partial charge in [0.1, 0.15) is 24.2 Å². The first-order valence-electron chi connectivity index (χ1n) is 8.51. The van der Waals surface area contributed by atoms with Gasteiger partial charge in [-0.15, -0.1) is 0 Å². The Balaban J connectivity index is 1.78. The summed E-state index contributed by atoms with van der Waals surface area (Å²) in [4.78, 5) is 12.5. The molecule has 0 aliphatic carbocycles. The van der Waals surface area contributed by atoms with Crippen LogP contribution in [-0.4, -0.2) is 32.8 Å². The lowest BCUT2D eigenvalue weighted by molar-refractivity contribution is 0.0873. The van der Waals surface area contributed by atoms with Gasteiger partial charge >= 0.3 is 0 Å². The number of hydrogen-bond acceptors (Lipinski definition) is 6. The van der Waals surface area contributed by atoms with Crippen molar-refractivity contribution >= 4 is 10.9 Å². The molecule has 2 heterocycles. The van der Waals surface area contributed by atoms with Crippen molar-refractivity contribution in [3.63, 3.8) is 0 Å². The van der Waals surface area contributed by atoms with Gasteiger partial charge < -0.3 is 14.4 Å². The molecular weight excluding hydrogens is 334 g/mol. The number of aliphatic hydroxyl groups is 1. The smallest absolute Gasteiger partial charge is 0.296 e. The van der Waals surface area contributed by atoms with E-state index in [1.165, 1.54) is 4.68 Å². The quantitative estimate of drug-likeness (QED) is 0.754. The van der Waals surface area contributed by atoms with Gasteiger partial charge in [-0.1, -0.05) is 17.3 Å². The molecule has 0 amide bonds. The molecule has 3 rings (SSSR count). The Morgan fingerprint density at radius 1 is 1.19 bits per heavy atom. The number of aromatic nitrogens is 3. The predicted molar refractivity (Wildman–Crippen MR) is 97.7 cm³/mol. The van der Waals surface area contributed by atoms with Crippen molar-refractivity contribution in [3.05, 3.63) is 50.6 Å². The maximum Gasteiger partial charge on any atom is 0.296 e. The van der Waals surface area contributed by atoms with Crippen molar-refractivity contribution in [1.29, 1.82) is 0 Å². The number of rotatable bonds is 5. The molecule has 0 saturated heterocycles. The monoisotopic (exact) mass is 357 g/mol. The molecule has 138 valence electrons. The van der Waals surface area contributed by atoms with E-state index in [2.05, 4.69) is 10.3 Å². The van der Waals surface area contributed by atoms with Crippen LogP contribution >= 0.6 is 0 Å². The summed E-state index contributed by atoms with van der Waals surface area (Å²) in [6, 6.07) is 4.02. The van der Waals surface area contributed by atoms with Gasteiger partial charge in [0.15, 0.2) is 5.52 Å². The van der Waals surface area contributed by atoms with E-state index in [-0.39, 0.29) is 24.2 Å². The predicted octanol–water partition coefficient (Wildman–Crippen LogP) is 2.37. The zero-order valence-electron chi connectivity index (χ0n) is 15.7. The molecule has 1 N–H and O–H groups in total. The summed E-state index contributed by atoms with van der Waals surface area (Å²) in [6.45, 7) is 9.57. The normalized spacial score (nSPS) is 12.5. The van der Waals surface area contributed by atoms with E-state index in [1.54, 1.807) is 13.8 Å². The SMILES string of the molecule is Cc1ccc(C)c(OC[C@@H](O)Cn2nc(C)c3c(C)onc3c2=O)c1C. The van der Waals surface area contributed by atoms with Crippen LogP contribution in [0.5, 0.6) is 5.75 Å². The highest BCUT2D eigenvalue weighted by atomic mass is 16.5. The minimum Gasteiger partial charge on any atom is -0.490 e. The molecule has 1 aromatic carbocycles. The Hall–Kier alpha value is -2.67. The van der Waals surface area contributed by atoms with Gasteiger partial charge in [0.2, 0.25) is 0 Å². The number of aliphatic hydroxyl groups excluding tert-OH is 1. The third-order valence-corrected chi connectivity index (χ3v) is 4.61. The van der Waals surface area contributed by atoms with Crippen molar-refractivity contribution in [2.75, 3.05) is 6.61 Å². The molecule has 7 nitrogen and oxygen atoms in total. The van der Waals surface area contributed by atoms with Crippen molar-refractivity contribution < 1.29 is 14.4 Å². The van der Waals surface area contributed by atoms with Crippen LogP contribution in [0, 0.1) is 34.6 Å². The summed E-state index contributed by atoms with van der Waals surface area (Å²) in [7, 11) is 0. The van der Waals surface area contributed by atoms with E-state index in [0.717, 1.165) is 22.4 Å². The Morgan fingerprint density at radius 3 is 2.62 bits per heavy atom. The molecule has 0 bridgehead atoms. The third kappa shape index (κ3) is 3.22. The Labute approximate surface area is 151 Å². The molecule has 0 unspecified atom stereocenters. The maximum absolute atomic E-state index is 12.5. The zero-order valence-corrected chi connectivity index (χ0v) is 15.7. The Kier molecular flexibility index (Phi) is 4.82. The fourth-order valence-corrected chi connectivity index (χ4v) is 3.05. The number of hydrogen-bond donors (Lipinski definition) is 1. The van der Waals surface area contributed by atoms with Crippen LogP contribution in [0.3, 0.4) is 0 Å². The summed E-state index contributed by atoms with van der Waals surface area (Å²) in [5.74, 6) is 1.33. The van der Waals surface area contributed by atoms with Crippen molar-refractivity contribution in [3.8, 4) is 5.75 Å². The van der Waals surface area contributed by atoms with Gasteiger partial charge in [0.25, 0.3) is 5.56 Å². The van der Waals surface area contributed by atoms with E-state index in [9.17, 15) is 9.90 Å². The number of benzene rings is 1. The van der Waals surface area contributed by atoms with Crippen molar-refractivity contribution in [2.24, 2.45) is 0 Å². The summed E-state index contributed by atoms with van der Waals surface area (Å²) in [5.41, 5.74) is 3.66. The first-order chi connectivity index (χ1) is 12.3. The third-order valence-electron chi connectivity index (χ3n) is 4.61. The first kappa shape index (κ1) is 18.1. The summed E-state index contributed by atoms with van der Waals surface area (Å²) < 4.78 is 12.1. The van der Waals surface area contributed by atoms with Gasteiger partial charge in [-0.25, -0.2) is 4.68 Å². The van der Waals surface area contributed by atoms with Crippen LogP contribution < -0.4 is 10.3 Å². The highest BCUT2D eigenvalue weighted by molar-refractivity contribution is 5.81. The second-order valence-corrected chi connectivity index (χ2v) is 6.65. The van der Waals surface area contributed by atoms with E-state index in [0.29, 0.717) is 16.8 Å². The molecule has 0 spiro atoms. The lowest BCUT2D eigenvalue weighted by atomic mass is 10.1. The maximum atomic E-state index is 12.5. The lowest BCUT2D eigenvalue weighted by Gasteiger charge is -2.17. The fourth-order valence-electron chi connectivity index (χ4n) is 3.05. The Morgan fingerprint density at radius 2 is 1.88 bits per heavy atom. The topological polar surface area (TPSA) is 90.4 Å². The van der Waals surface area contributed by atoms with Crippen LogP contribution in [-0.2, 0) is 6.54 Å². The van der Waals surface area contributed by atoms with E-state index < -0.39 is 6.10 Å². The molecule has 3 aromatic rings. The Bertz CT molecular complexity index is 1020.